The van der Waals surface area contributed by atoms with Crippen LogP contribution in [0.1, 0.15) is 63.5 Å². The van der Waals surface area contributed by atoms with Gasteiger partial charge in [-0.2, -0.15) is 0 Å². The molecule has 0 fully saturated rings. The Morgan fingerprint density at radius 2 is 1.61 bits per heavy atom. The Balaban J connectivity index is 3.38. The molecule has 0 aliphatic heterocycles. The molecule has 0 atom stereocenters. The highest BCUT2D eigenvalue weighted by Gasteiger charge is 2.41. The first-order chi connectivity index (χ1) is 10.6. The fourth-order valence-electron chi connectivity index (χ4n) is 3.42. The van der Waals surface area contributed by atoms with Crippen LogP contribution in [0.5, 0.6) is 0 Å². The van der Waals surface area contributed by atoms with Gasteiger partial charge in [0.1, 0.15) is 13.8 Å². The summed E-state index contributed by atoms with van der Waals surface area (Å²) < 4.78 is 4.70. The van der Waals surface area contributed by atoms with Crippen LogP contribution in [0.4, 0.5) is 0 Å². The number of nitrogens with zero attached hydrogens (tertiary/aromatic N) is 2. The Morgan fingerprint density at radius 1 is 1.09 bits per heavy atom. The van der Waals surface area contributed by atoms with Gasteiger partial charge in [-0.15, -0.1) is 5.54 Å². The Hall–Kier alpha value is -1.67. The summed E-state index contributed by atoms with van der Waals surface area (Å²) >= 11 is 0. The highest BCUT2D eigenvalue weighted by molar-refractivity contribution is 6.90. The predicted octanol–water partition coefficient (Wildman–Crippen LogP) is 4.14. The first-order valence-electron chi connectivity index (χ1n) is 8.12. The van der Waals surface area contributed by atoms with E-state index in [0.717, 1.165) is 5.69 Å². The molecule has 4 nitrogen and oxygen atoms in total. The standard InChI is InChI=1S/C18H28N2O2Si/c1-12(2)23(13(3)4,14(5)6)10-9-16-11-15(7)19-17(20-16)18(21)22-8/h11-14H,1-8H3. The molecule has 1 heterocycles. The molecule has 0 aliphatic carbocycles. The van der Waals surface area contributed by atoms with E-state index in [1.165, 1.54) is 7.11 Å². The normalized spacial score (nSPS) is 11.6. The number of carbonyl (C=O) groups excluding carboxylic acids is 1. The van der Waals surface area contributed by atoms with E-state index in [4.69, 9.17) is 4.74 Å². The maximum atomic E-state index is 11.7. The molecule has 0 unspecified atom stereocenters. The third-order valence-electron chi connectivity index (χ3n) is 4.50. The summed E-state index contributed by atoms with van der Waals surface area (Å²) in [5.41, 5.74) is 6.58. The lowest BCUT2D eigenvalue weighted by atomic mass is 10.3. The van der Waals surface area contributed by atoms with Gasteiger partial charge in [0.25, 0.3) is 0 Å². The van der Waals surface area contributed by atoms with Crippen molar-refractivity contribution in [2.45, 2.75) is 65.1 Å². The molecule has 0 bridgehead atoms. The predicted molar refractivity (Wildman–Crippen MR) is 96.0 cm³/mol. The molecule has 1 aromatic heterocycles. The number of hydrogen-bond donors (Lipinski definition) is 0. The Bertz CT molecular complexity index is 606. The molecule has 0 saturated carbocycles. The average Bonchev–Trinajstić information content (AvgIpc) is 2.45. The van der Waals surface area contributed by atoms with Crippen LogP contribution in [-0.4, -0.2) is 31.1 Å². The van der Waals surface area contributed by atoms with Crippen LogP contribution in [0.2, 0.25) is 16.6 Å². The van der Waals surface area contributed by atoms with Crippen molar-refractivity contribution >= 4 is 14.0 Å². The van der Waals surface area contributed by atoms with Gasteiger partial charge >= 0.3 is 5.97 Å². The summed E-state index contributed by atoms with van der Waals surface area (Å²) in [5.74, 6) is 2.78. The number of ether oxygens (including phenoxy) is 1. The minimum absolute atomic E-state index is 0.0720. The van der Waals surface area contributed by atoms with Gasteiger partial charge < -0.3 is 4.74 Å². The second-order valence-corrected chi connectivity index (χ2v) is 12.4. The van der Waals surface area contributed by atoms with Gasteiger partial charge in [0.2, 0.25) is 5.82 Å². The molecular weight excluding hydrogens is 304 g/mol. The first-order valence-corrected chi connectivity index (χ1v) is 10.4. The molecule has 0 amide bonds. The second-order valence-electron chi connectivity index (χ2n) is 6.86. The number of rotatable bonds is 4. The number of aryl methyl sites for hydroxylation is 1. The van der Waals surface area contributed by atoms with Gasteiger partial charge in [0.15, 0.2) is 0 Å². The summed E-state index contributed by atoms with van der Waals surface area (Å²) in [6, 6.07) is 1.82. The first kappa shape index (κ1) is 19.4. The van der Waals surface area contributed by atoms with E-state index in [1.807, 2.05) is 13.0 Å². The fraction of sp³-hybridized carbons (Fsp3) is 0.611. The van der Waals surface area contributed by atoms with Gasteiger partial charge in [-0.3, -0.25) is 0 Å². The lowest BCUT2D eigenvalue weighted by Gasteiger charge is -2.38. The lowest BCUT2D eigenvalue weighted by Crippen LogP contribution is -2.43. The molecule has 0 radical (unpaired) electrons. The van der Waals surface area contributed by atoms with Crippen LogP contribution >= 0.6 is 0 Å². The number of aromatic nitrogens is 2. The molecule has 0 aliphatic rings. The maximum absolute atomic E-state index is 11.7. The number of esters is 1. The summed E-state index contributed by atoms with van der Waals surface area (Å²) in [4.78, 5) is 20.0. The molecular formula is C18H28N2O2Si. The van der Waals surface area contributed by atoms with Crippen LogP contribution < -0.4 is 0 Å². The van der Waals surface area contributed by atoms with Crippen molar-refractivity contribution in [2.24, 2.45) is 0 Å². The summed E-state index contributed by atoms with van der Waals surface area (Å²) in [6.45, 7) is 15.4. The Labute approximate surface area is 141 Å². The molecule has 0 aromatic carbocycles. The van der Waals surface area contributed by atoms with Crippen LogP contribution in [0.15, 0.2) is 6.07 Å². The van der Waals surface area contributed by atoms with Crippen LogP contribution in [0.3, 0.4) is 0 Å². The number of methoxy groups -OCH3 is 1. The maximum Gasteiger partial charge on any atom is 0.376 e. The van der Waals surface area contributed by atoms with Crippen molar-refractivity contribution in [1.29, 1.82) is 0 Å². The molecule has 23 heavy (non-hydrogen) atoms. The van der Waals surface area contributed by atoms with E-state index >= 15 is 0 Å². The highest BCUT2D eigenvalue weighted by atomic mass is 28.3. The van der Waals surface area contributed by atoms with Crippen LogP contribution in [0, 0.1) is 18.4 Å². The van der Waals surface area contributed by atoms with Gasteiger partial charge in [-0.1, -0.05) is 47.5 Å². The molecule has 0 spiro atoms. The van der Waals surface area contributed by atoms with Gasteiger partial charge in [-0.25, -0.2) is 14.8 Å². The van der Waals surface area contributed by atoms with Crippen molar-refractivity contribution in [2.75, 3.05) is 7.11 Å². The van der Waals surface area contributed by atoms with E-state index in [0.29, 0.717) is 22.3 Å². The zero-order valence-corrected chi connectivity index (χ0v) is 16.5. The summed E-state index contributed by atoms with van der Waals surface area (Å²) in [6.07, 6.45) is 0. The Morgan fingerprint density at radius 3 is 2.04 bits per heavy atom. The van der Waals surface area contributed by atoms with Crippen LogP contribution in [-0.2, 0) is 4.74 Å². The topological polar surface area (TPSA) is 52.1 Å². The zero-order chi connectivity index (χ0) is 17.8. The van der Waals surface area contributed by atoms with Gasteiger partial charge in [0.05, 0.1) is 7.11 Å². The van der Waals surface area contributed by atoms with Gasteiger partial charge in [-0.05, 0) is 29.6 Å². The smallest absolute Gasteiger partial charge is 0.376 e. The van der Waals surface area contributed by atoms with Crippen molar-refractivity contribution in [3.8, 4) is 11.5 Å². The molecule has 5 heteroatoms. The molecule has 1 aromatic rings. The second kappa shape index (κ2) is 7.74. The van der Waals surface area contributed by atoms with Crippen molar-refractivity contribution in [1.82, 2.24) is 9.97 Å². The highest BCUT2D eigenvalue weighted by Crippen LogP contribution is 2.40. The van der Waals surface area contributed by atoms with E-state index in [1.54, 1.807) is 0 Å². The minimum Gasteiger partial charge on any atom is -0.463 e. The van der Waals surface area contributed by atoms with Crippen molar-refractivity contribution < 1.29 is 9.53 Å². The third-order valence-corrected chi connectivity index (χ3v) is 10.8. The quantitative estimate of drug-likeness (QED) is 0.472. The lowest BCUT2D eigenvalue weighted by molar-refractivity contribution is 0.0586. The van der Waals surface area contributed by atoms with E-state index in [-0.39, 0.29) is 5.82 Å². The molecule has 0 saturated heterocycles. The summed E-state index contributed by atoms with van der Waals surface area (Å²) in [7, 11) is -0.491. The Kier molecular flexibility index (Phi) is 6.52. The van der Waals surface area contributed by atoms with Gasteiger partial charge in [0, 0.05) is 5.69 Å². The third kappa shape index (κ3) is 4.20. The average molecular weight is 333 g/mol. The fourth-order valence-corrected chi connectivity index (χ4v) is 8.63. The number of hydrogen-bond acceptors (Lipinski definition) is 4. The molecule has 126 valence electrons. The van der Waals surface area contributed by atoms with Crippen molar-refractivity contribution in [3.63, 3.8) is 0 Å². The largest absolute Gasteiger partial charge is 0.463 e. The monoisotopic (exact) mass is 332 g/mol. The molecule has 0 N–H and O–H groups in total. The van der Waals surface area contributed by atoms with E-state index in [2.05, 4.69) is 63.0 Å². The zero-order valence-electron chi connectivity index (χ0n) is 15.5. The summed E-state index contributed by atoms with van der Waals surface area (Å²) in [5, 5.41) is 0. The number of carbonyl (C=O) groups is 1. The van der Waals surface area contributed by atoms with Crippen molar-refractivity contribution in [3.05, 3.63) is 23.3 Å². The SMILES string of the molecule is COC(=O)c1nc(C)cc(C#C[Si](C(C)C)(C(C)C)C(C)C)n1. The van der Waals surface area contributed by atoms with E-state index in [9.17, 15) is 4.79 Å². The van der Waals surface area contributed by atoms with E-state index < -0.39 is 14.0 Å². The molecule has 1 rings (SSSR count). The minimum atomic E-state index is -1.82. The van der Waals surface area contributed by atoms with Crippen LogP contribution in [0.25, 0.3) is 0 Å².